The highest BCUT2D eigenvalue weighted by atomic mass is 16.4. The summed E-state index contributed by atoms with van der Waals surface area (Å²) in [6.45, 7) is 0.0552. The quantitative estimate of drug-likeness (QED) is 0.528. The van der Waals surface area contributed by atoms with Crippen LogP contribution < -0.4 is 5.32 Å². The third-order valence-electron chi connectivity index (χ3n) is 2.66. The second-order valence-corrected chi connectivity index (χ2v) is 4.22. The Bertz CT molecular complexity index is 454. The molecule has 0 aliphatic heterocycles. The standard InChI is InChI=1S/C10H14N4O4/c15-6(10(17)18)3-4-11-9(16)8-12-7(13-14-8)5-1-2-5/h5-6,15H,1-4H2,(H,11,16)(H,17,18)(H,12,13,14)/t6-/m0/s1. The first-order chi connectivity index (χ1) is 8.58. The Balaban J connectivity index is 1.78. The van der Waals surface area contributed by atoms with Crippen LogP contribution in [0.2, 0.25) is 0 Å². The SMILES string of the molecule is O=C(NCC[C@H](O)C(=O)O)c1n[nH]c(C2CC2)n1. The second-order valence-electron chi connectivity index (χ2n) is 4.22. The molecule has 1 fully saturated rings. The minimum absolute atomic E-state index is 0.0433. The number of nitrogens with zero attached hydrogens (tertiary/aromatic N) is 2. The number of hydrogen-bond donors (Lipinski definition) is 4. The van der Waals surface area contributed by atoms with Gasteiger partial charge in [-0.3, -0.25) is 9.89 Å². The molecule has 98 valence electrons. The van der Waals surface area contributed by atoms with E-state index in [0.717, 1.165) is 12.8 Å². The molecule has 0 saturated heterocycles. The first-order valence-corrected chi connectivity index (χ1v) is 5.69. The van der Waals surface area contributed by atoms with Crippen molar-refractivity contribution in [2.45, 2.75) is 31.3 Å². The van der Waals surface area contributed by atoms with Crippen molar-refractivity contribution < 1.29 is 19.8 Å². The van der Waals surface area contributed by atoms with E-state index in [2.05, 4.69) is 20.5 Å². The van der Waals surface area contributed by atoms with Crippen LogP contribution >= 0.6 is 0 Å². The van der Waals surface area contributed by atoms with Crippen molar-refractivity contribution in [3.05, 3.63) is 11.6 Å². The molecule has 8 nitrogen and oxygen atoms in total. The summed E-state index contributed by atoms with van der Waals surface area (Å²) in [5.74, 6) is -0.644. The van der Waals surface area contributed by atoms with Gasteiger partial charge in [0.05, 0.1) is 0 Å². The van der Waals surface area contributed by atoms with Crippen LogP contribution in [0.25, 0.3) is 0 Å². The van der Waals surface area contributed by atoms with E-state index in [9.17, 15) is 9.59 Å². The van der Waals surface area contributed by atoms with Crippen molar-refractivity contribution >= 4 is 11.9 Å². The largest absolute Gasteiger partial charge is 0.479 e. The van der Waals surface area contributed by atoms with Gasteiger partial charge in [-0.1, -0.05) is 0 Å². The van der Waals surface area contributed by atoms with Gasteiger partial charge in [-0.2, -0.15) is 0 Å². The fourth-order valence-electron chi connectivity index (χ4n) is 1.44. The van der Waals surface area contributed by atoms with Gasteiger partial charge in [0.25, 0.3) is 5.91 Å². The summed E-state index contributed by atoms with van der Waals surface area (Å²) in [6.07, 6.45) is 0.586. The number of carboxylic acids is 1. The minimum atomic E-state index is -1.47. The molecule has 0 spiro atoms. The smallest absolute Gasteiger partial charge is 0.332 e. The van der Waals surface area contributed by atoms with E-state index in [1.54, 1.807) is 0 Å². The summed E-state index contributed by atoms with van der Waals surface area (Å²) < 4.78 is 0. The van der Waals surface area contributed by atoms with Crippen molar-refractivity contribution in [1.29, 1.82) is 0 Å². The molecule has 1 aromatic rings. The van der Waals surface area contributed by atoms with Crippen LogP contribution in [0.5, 0.6) is 0 Å². The van der Waals surface area contributed by atoms with Crippen LogP contribution in [-0.2, 0) is 4.79 Å². The number of aromatic amines is 1. The number of carboxylic acid groups (broad SMARTS) is 1. The molecular weight excluding hydrogens is 240 g/mol. The van der Waals surface area contributed by atoms with Gasteiger partial charge in [0.1, 0.15) is 5.82 Å². The summed E-state index contributed by atoms with van der Waals surface area (Å²) in [7, 11) is 0. The molecule has 1 aliphatic carbocycles. The van der Waals surface area contributed by atoms with Gasteiger partial charge in [0.15, 0.2) is 6.10 Å². The molecule has 0 unspecified atom stereocenters. The normalized spacial score (nSPS) is 16.3. The third-order valence-corrected chi connectivity index (χ3v) is 2.66. The van der Waals surface area contributed by atoms with Crippen molar-refractivity contribution in [1.82, 2.24) is 20.5 Å². The van der Waals surface area contributed by atoms with Crippen molar-refractivity contribution in [3.8, 4) is 0 Å². The maximum absolute atomic E-state index is 11.6. The van der Waals surface area contributed by atoms with Gasteiger partial charge >= 0.3 is 5.97 Å². The highest BCUT2D eigenvalue weighted by Crippen LogP contribution is 2.37. The fourth-order valence-corrected chi connectivity index (χ4v) is 1.44. The molecule has 1 heterocycles. The molecule has 1 aliphatic rings. The molecular formula is C10H14N4O4. The number of H-pyrrole nitrogens is 1. The molecule has 1 saturated carbocycles. The van der Waals surface area contributed by atoms with Crippen LogP contribution in [0.1, 0.15) is 41.6 Å². The molecule has 8 heteroatoms. The van der Waals surface area contributed by atoms with E-state index >= 15 is 0 Å². The van der Waals surface area contributed by atoms with Crippen LogP contribution in [0.15, 0.2) is 0 Å². The lowest BCUT2D eigenvalue weighted by Gasteiger charge is -2.05. The van der Waals surface area contributed by atoms with Gasteiger partial charge in [0.2, 0.25) is 5.82 Å². The zero-order valence-corrected chi connectivity index (χ0v) is 9.59. The number of aromatic nitrogens is 3. The Morgan fingerprint density at radius 2 is 2.22 bits per heavy atom. The van der Waals surface area contributed by atoms with E-state index in [4.69, 9.17) is 10.2 Å². The van der Waals surface area contributed by atoms with Crippen molar-refractivity contribution in [3.63, 3.8) is 0 Å². The molecule has 2 rings (SSSR count). The number of nitrogens with one attached hydrogen (secondary N) is 2. The van der Waals surface area contributed by atoms with Crippen molar-refractivity contribution in [2.75, 3.05) is 6.54 Å². The van der Waals surface area contributed by atoms with Crippen LogP contribution in [0.3, 0.4) is 0 Å². The van der Waals surface area contributed by atoms with Gasteiger partial charge in [0, 0.05) is 18.9 Å². The minimum Gasteiger partial charge on any atom is -0.479 e. The van der Waals surface area contributed by atoms with Crippen LogP contribution in [-0.4, -0.2) is 49.9 Å². The fraction of sp³-hybridized carbons (Fsp3) is 0.600. The Hall–Kier alpha value is -1.96. The number of amides is 1. The van der Waals surface area contributed by atoms with Gasteiger partial charge in [-0.05, 0) is 12.8 Å². The first kappa shape index (κ1) is 12.5. The lowest BCUT2D eigenvalue weighted by atomic mass is 10.2. The topological polar surface area (TPSA) is 128 Å². The molecule has 4 N–H and O–H groups in total. The van der Waals surface area contributed by atoms with E-state index < -0.39 is 18.0 Å². The van der Waals surface area contributed by atoms with Crippen molar-refractivity contribution in [2.24, 2.45) is 0 Å². The Morgan fingerprint density at radius 3 is 2.83 bits per heavy atom. The lowest BCUT2D eigenvalue weighted by Crippen LogP contribution is -2.30. The molecule has 0 aromatic carbocycles. The maximum Gasteiger partial charge on any atom is 0.332 e. The number of rotatable bonds is 6. The zero-order chi connectivity index (χ0) is 13.1. The van der Waals surface area contributed by atoms with E-state index in [1.807, 2.05) is 0 Å². The summed E-state index contributed by atoms with van der Waals surface area (Å²) >= 11 is 0. The summed E-state index contributed by atoms with van der Waals surface area (Å²) in [4.78, 5) is 26.0. The zero-order valence-electron chi connectivity index (χ0n) is 9.59. The highest BCUT2D eigenvalue weighted by molar-refractivity contribution is 5.90. The summed E-state index contributed by atoms with van der Waals surface area (Å²) in [5, 5.41) is 26.4. The number of carbonyl (C=O) groups excluding carboxylic acids is 1. The molecule has 1 amide bonds. The predicted molar refractivity (Wildman–Crippen MR) is 59.0 cm³/mol. The van der Waals surface area contributed by atoms with Gasteiger partial charge in [-0.15, -0.1) is 5.10 Å². The van der Waals surface area contributed by atoms with E-state index in [1.165, 1.54) is 0 Å². The van der Waals surface area contributed by atoms with Crippen LogP contribution in [0.4, 0.5) is 0 Å². The highest BCUT2D eigenvalue weighted by Gasteiger charge is 2.28. The molecule has 18 heavy (non-hydrogen) atoms. The monoisotopic (exact) mass is 254 g/mol. The number of aliphatic hydroxyl groups excluding tert-OH is 1. The second kappa shape index (κ2) is 5.13. The predicted octanol–water partition coefficient (Wildman–Crippen LogP) is -0.753. The molecule has 1 aromatic heterocycles. The lowest BCUT2D eigenvalue weighted by molar-refractivity contribution is -0.146. The Kier molecular flexibility index (Phi) is 3.56. The molecule has 1 atom stereocenters. The van der Waals surface area contributed by atoms with Gasteiger partial charge < -0.3 is 15.5 Å². The first-order valence-electron chi connectivity index (χ1n) is 5.69. The van der Waals surface area contributed by atoms with E-state index in [-0.39, 0.29) is 18.8 Å². The average Bonchev–Trinajstić information content (AvgIpc) is 3.06. The average molecular weight is 254 g/mol. The van der Waals surface area contributed by atoms with Gasteiger partial charge in [-0.25, -0.2) is 9.78 Å². The number of aliphatic hydroxyl groups is 1. The number of hydrogen-bond acceptors (Lipinski definition) is 5. The molecule has 0 radical (unpaired) electrons. The Morgan fingerprint density at radius 1 is 1.50 bits per heavy atom. The third kappa shape index (κ3) is 3.04. The van der Waals surface area contributed by atoms with E-state index in [0.29, 0.717) is 11.7 Å². The van der Waals surface area contributed by atoms with Crippen LogP contribution in [0, 0.1) is 0 Å². The maximum atomic E-state index is 11.6. The summed E-state index contributed by atoms with van der Waals surface area (Å²) in [6, 6.07) is 0. The molecule has 0 bridgehead atoms. The number of aliphatic carboxylic acids is 1. The Labute approximate surface area is 102 Å². The summed E-state index contributed by atoms with van der Waals surface area (Å²) in [5.41, 5.74) is 0. The number of carbonyl (C=O) groups is 2.